The Bertz CT molecular complexity index is 2980. The molecule has 0 fully saturated rings. The van der Waals surface area contributed by atoms with E-state index in [1.807, 2.05) is 10.6 Å². The summed E-state index contributed by atoms with van der Waals surface area (Å²) in [5.74, 6) is 51.7. The van der Waals surface area contributed by atoms with E-state index in [4.69, 9.17) is 6.42 Å². The van der Waals surface area contributed by atoms with E-state index in [0.29, 0.717) is 0 Å². The third-order valence-corrected chi connectivity index (χ3v) is 11.9. The molecule has 65 heavy (non-hydrogen) atoms. The maximum atomic E-state index is 5.00. The summed E-state index contributed by atoms with van der Waals surface area (Å²) in [5, 5.41) is 0. The van der Waals surface area contributed by atoms with Crippen LogP contribution in [0.15, 0.2) is 81.4 Å². The molecule has 0 atom stereocenters. The zero-order chi connectivity index (χ0) is 46.6. The zero-order valence-corrected chi connectivity index (χ0v) is 41.4. The average molecular weight is 1020 g/mol. The molecule has 0 aromatic heterocycles. The molecule has 2 heterocycles. The van der Waals surface area contributed by atoms with E-state index in [1.54, 1.807) is 0 Å². The molecule has 0 radical (unpaired) electrons. The first kappa shape index (κ1) is 50.9. The summed E-state index contributed by atoms with van der Waals surface area (Å²) in [6.45, 7) is 12.4. The highest BCUT2D eigenvalue weighted by Crippen LogP contribution is 2.49. The van der Waals surface area contributed by atoms with Gasteiger partial charge in [0, 0.05) is 147 Å². The summed E-state index contributed by atoms with van der Waals surface area (Å²) in [5.41, 5.74) is 6.83. The van der Waals surface area contributed by atoms with Crippen molar-refractivity contribution >= 4 is 48.9 Å². The monoisotopic (exact) mass is 1020 g/mol. The lowest BCUT2D eigenvalue weighted by atomic mass is 9.81. The first-order valence-corrected chi connectivity index (χ1v) is 23.8. The molecule has 364 valence electrons. The second kappa shape index (κ2) is 28.1. The number of unbranched alkanes of at least 4 members (excludes halogenated alkanes) is 11. The number of allylic oxidation sites excluding steroid dienone is 6. The van der Waals surface area contributed by atoms with E-state index in [1.165, 1.54) is 99.6 Å². The molecule has 0 amide bonds. The molecule has 0 N–H and O–H groups in total. The maximum Gasteiger partial charge on any atom is 0.243 e. The minimum Gasteiger partial charge on any atom is -0.344 e. The van der Waals surface area contributed by atoms with E-state index in [9.17, 15) is 0 Å². The molecule has 2 aromatic rings. The van der Waals surface area contributed by atoms with Gasteiger partial charge in [0.25, 0.3) is 0 Å². The molecule has 0 saturated heterocycles. The van der Waals surface area contributed by atoms with E-state index in [-0.39, 0.29) is 42.2 Å². The standard InChI is InChI=1S/C61H53Br2N2.22H2/c1-7-9-11-13-15-17-19-21-22-23-24-25-26-27-28-30-32-34-36-41-49-65-57-47-45-53(63)51-55(57)61(5,6)59(65)43-39-37-38-42-58-60(3,4)54-50-52(62)44-46-56(54)64(58)48-40-35-33-31-29-20-18-16-14-12-10-8-2;;;;;;;;;;;;;;;;;;;;;;/h1,37-39,42-47,50-51H,8,10,12,14,16,18,20,29,31,33,35,40,48H2,2-6H3;22*1H/q+1;;;;;;;;;;;;;;;;;;;;;;. The number of nitrogens with zero attached hydrogens (tertiary/aromatic N) is 2. The van der Waals surface area contributed by atoms with Crippen molar-refractivity contribution in [1.29, 1.82) is 0 Å². The van der Waals surface area contributed by atoms with Gasteiger partial charge in [-0.1, -0.05) is 141 Å². The van der Waals surface area contributed by atoms with Crippen LogP contribution in [0.2, 0.25) is 0 Å². The second-order valence-electron chi connectivity index (χ2n) is 16.3. The van der Waals surface area contributed by atoms with Crippen molar-refractivity contribution in [2.45, 2.75) is 122 Å². The molecule has 0 aliphatic carbocycles. The zero-order valence-electron chi connectivity index (χ0n) is 38.3. The number of fused-ring (bicyclic) bond motifs is 2. The second-order valence-corrected chi connectivity index (χ2v) is 18.1. The molecule has 0 saturated carbocycles. The molecule has 2 aliphatic rings. The normalized spacial score (nSPS) is 13.4. The van der Waals surface area contributed by atoms with Crippen molar-refractivity contribution < 1.29 is 36.0 Å². The minimum atomic E-state index is -0.299. The summed E-state index contributed by atoms with van der Waals surface area (Å²) >= 11 is 7.42. The number of halogens is 2. The van der Waals surface area contributed by atoms with Crippen LogP contribution in [0.1, 0.15) is 154 Å². The molecule has 2 aliphatic heterocycles. The Labute approximate surface area is 441 Å². The molecule has 0 spiro atoms. The van der Waals surface area contributed by atoms with Crippen molar-refractivity contribution in [2.24, 2.45) is 0 Å². The number of rotatable bonds is 16. The van der Waals surface area contributed by atoms with Crippen molar-refractivity contribution in [3.05, 3.63) is 92.5 Å². The van der Waals surface area contributed by atoms with Crippen LogP contribution in [-0.4, -0.2) is 16.8 Å². The van der Waals surface area contributed by atoms with Gasteiger partial charge in [0.05, 0.1) is 11.3 Å². The summed E-state index contributed by atoms with van der Waals surface area (Å²) in [6.07, 6.45) is 32.0. The van der Waals surface area contributed by atoms with Gasteiger partial charge in [0.2, 0.25) is 17.4 Å². The first-order valence-electron chi connectivity index (χ1n) is 22.2. The van der Waals surface area contributed by atoms with Gasteiger partial charge >= 0.3 is 0 Å². The lowest BCUT2D eigenvalue weighted by Gasteiger charge is -2.27. The first-order chi connectivity index (χ1) is 31.6. The average Bonchev–Trinajstić information content (AvgIpc) is 3.62. The van der Waals surface area contributed by atoms with Gasteiger partial charge in [0.15, 0.2) is 0 Å². The minimum absolute atomic E-state index is 0. The van der Waals surface area contributed by atoms with Gasteiger partial charge in [-0.25, -0.2) is 0 Å². The number of hydrogen-bond donors (Lipinski definition) is 0. The highest BCUT2D eigenvalue weighted by Gasteiger charge is 2.45. The third kappa shape index (κ3) is 16.4. The van der Waals surface area contributed by atoms with Crippen LogP contribution in [0.4, 0.5) is 11.4 Å². The van der Waals surface area contributed by atoms with Gasteiger partial charge < -0.3 is 4.90 Å². The van der Waals surface area contributed by atoms with Gasteiger partial charge in [0.1, 0.15) is 0 Å². The molecular formula is C61H97Br2N2+. The van der Waals surface area contributed by atoms with Crippen molar-refractivity contribution in [1.82, 2.24) is 0 Å². The van der Waals surface area contributed by atoms with E-state index >= 15 is 0 Å². The molecule has 4 heteroatoms. The van der Waals surface area contributed by atoms with Gasteiger partial charge in [-0.2, -0.15) is 0 Å². The lowest BCUT2D eigenvalue weighted by Crippen LogP contribution is -2.27. The highest BCUT2D eigenvalue weighted by atomic mass is 79.9. The predicted octanol–water partition coefficient (Wildman–Crippen LogP) is 18.1. The molecule has 2 aromatic carbocycles. The lowest BCUT2D eigenvalue weighted by molar-refractivity contribution is -0.332. The molecule has 4 rings (SSSR count). The molecule has 0 unspecified atom stereocenters. The highest BCUT2D eigenvalue weighted by molar-refractivity contribution is 9.10. The number of anilines is 1. The van der Waals surface area contributed by atoms with Gasteiger partial charge in [-0.05, 0) is 110 Å². The van der Waals surface area contributed by atoms with Crippen LogP contribution in [0.5, 0.6) is 0 Å². The summed E-state index contributed by atoms with van der Waals surface area (Å²) in [7, 11) is 0. The summed E-state index contributed by atoms with van der Waals surface area (Å²) < 4.78 is 4.16. The van der Waals surface area contributed by atoms with Crippen LogP contribution in [0.3, 0.4) is 0 Å². The third-order valence-electron chi connectivity index (χ3n) is 10.9. The van der Waals surface area contributed by atoms with Crippen LogP contribution in [-0.2, 0) is 10.8 Å². The summed E-state index contributed by atoms with van der Waals surface area (Å²) in [6, 6.07) is 16.3. The van der Waals surface area contributed by atoms with Crippen LogP contribution in [0, 0.1) is 131 Å². The fourth-order valence-electron chi connectivity index (χ4n) is 7.66. The quantitative estimate of drug-likeness (QED) is 0.0703. The Hall–Kier alpha value is -6.75. The van der Waals surface area contributed by atoms with Crippen molar-refractivity contribution in [3.8, 4) is 131 Å². The fourth-order valence-corrected chi connectivity index (χ4v) is 8.38. The van der Waals surface area contributed by atoms with Crippen LogP contribution in [0.25, 0.3) is 0 Å². The largest absolute Gasteiger partial charge is 0.344 e. The smallest absolute Gasteiger partial charge is 0.243 e. The van der Waals surface area contributed by atoms with Crippen LogP contribution >= 0.6 is 31.9 Å². The maximum absolute atomic E-state index is 5.00. The number of hydrogen-bond acceptors (Lipinski definition) is 1. The number of benzene rings is 2. The topological polar surface area (TPSA) is 6.25 Å². The Morgan fingerprint density at radius 3 is 1.54 bits per heavy atom. The molecule has 2 nitrogen and oxygen atoms in total. The van der Waals surface area contributed by atoms with Gasteiger partial charge in [-0.15, -0.1) is 11.0 Å². The summed E-state index contributed by atoms with van der Waals surface area (Å²) in [4.78, 5) is 2.55. The van der Waals surface area contributed by atoms with E-state index < -0.39 is 0 Å². The predicted molar refractivity (Wildman–Crippen MR) is 327 cm³/mol. The van der Waals surface area contributed by atoms with Crippen molar-refractivity contribution in [2.75, 3.05) is 11.4 Å². The Balaban J connectivity index is -0.000000124. The number of terminal acetylenes is 1. The van der Waals surface area contributed by atoms with Crippen molar-refractivity contribution in [3.63, 3.8) is 0 Å². The Kier molecular flexibility index (Phi) is 22.0. The molecule has 0 bridgehead atoms. The van der Waals surface area contributed by atoms with E-state index in [0.717, 1.165) is 26.9 Å². The van der Waals surface area contributed by atoms with Gasteiger partial charge in [-0.3, -0.25) is 0 Å². The van der Waals surface area contributed by atoms with Crippen LogP contribution < -0.4 is 4.90 Å². The SMILES string of the molecule is C#CC#CC#CC#CC#CC#CC#CC#CC#CC#CC#C[N+]1=C(/C=C/C=C/C=C2\N(CCCCCCCCCCCCCC)c3ccc(Br)cc3C2(C)C)C(C)(C)c2cc(Br)ccc21.[HH].[HH].[HH].[HH].[HH].[HH].[HH].[HH].[HH].[HH].[HH].[HH].[HH].[HH].[HH].[HH].[HH].[HH].[HH].[HH].[HH].[HH]. The Morgan fingerprint density at radius 1 is 0.554 bits per heavy atom. The fraction of sp³-hybridized carbons (Fsp3) is 0.328. The van der Waals surface area contributed by atoms with E-state index in [2.05, 4.69) is 257 Å². The molecular weight excluding hydrogens is 920 g/mol. The Morgan fingerprint density at radius 2 is 1.02 bits per heavy atom.